The Morgan fingerprint density at radius 2 is 2.00 bits per heavy atom. The molecule has 1 aromatic rings. The Morgan fingerprint density at radius 1 is 1.40 bits per heavy atom. The van der Waals surface area contributed by atoms with Gasteiger partial charge in [0.05, 0.1) is 12.7 Å². The number of esters is 1. The van der Waals surface area contributed by atoms with Crippen molar-refractivity contribution in [1.29, 1.82) is 0 Å². The molecule has 0 heterocycles. The summed E-state index contributed by atoms with van der Waals surface area (Å²) >= 11 is 0. The number of carbonyl (C=O) groups is 1. The van der Waals surface area contributed by atoms with Gasteiger partial charge in [0, 0.05) is 0 Å². The maximum Gasteiger partial charge on any atom is 0.337 e. The zero-order valence-corrected chi connectivity index (χ0v) is 9.19. The molecule has 3 heteroatoms. The minimum atomic E-state index is -0.303. The molecule has 0 spiro atoms. The predicted octanol–water partition coefficient (Wildman–Crippen LogP) is 1.93. The summed E-state index contributed by atoms with van der Waals surface area (Å²) in [5, 5.41) is 0. The smallest absolute Gasteiger partial charge is 0.337 e. The summed E-state index contributed by atoms with van der Waals surface area (Å²) in [6, 6.07) is 7.43. The van der Waals surface area contributed by atoms with Gasteiger partial charge in [-0.2, -0.15) is 0 Å². The van der Waals surface area contributed by atoms with Crippen LogP contribution >= 0.6 is 0 Å². The quantitative estimate of drug-likeness (QED) is 0.767. The van der Waals surface area contributed by atoms with Crippen molar-refractivity contribution in [1.82, 2.24) is 0 Å². The van der Waals surface area contributed by atoms with E-state index in [1.165, 1.54) is 12.7 Å². The number of ether oxygens (including phenoxy) is 1. The second-order valence-corrected chi connectivity index (χ2v) is 3.45. The first-order valence-electron chi connectivity index (χ1n) is 5.11. The Bertz CT molecular complexity index is 315. The van der Waals surface area contributed by atoms with Crippen molar-refractivity contribution < 1.29 is 9.53 Å². The summed E-state index contributed by atoms with van der Waals surface area (Å²) in [4.78, 5) is 11.2. The third kappa shape index (κ3) is 2.80. The molecule has 82 valence electrons. The van der Waals surface area contributed by atoms with Crippen molar-refractivity contribution in [2.45, 2.75) is 19.3 Å². The average molecular weight is 207 g/mol. The summed E-state index contributed by atoms with van der Waals surface area (Å²) in [6.45, 7) is 2.74. The topological polar surface area (TPSA) is 52.3 Å². The Balaban J connectivity index is 2.84. The molecule has 2 N–H and O–H groups in total. The summed E-state index contributed by atoms with van der Waals surface area (Å²) in [5.41, 5.74) is 7.40. The Kier molecular flexibility index (Phi) is 4.31. The van der Waals surface area contributed by atoms with E-state index >= 15 is 0 Å². The van der Waals surface area contributed by atoms with E-state index in [2.05, 4.69) is 11.7 Å². The van der Waals surface area contributed by atoms with Crippen molar-refractivity contribution >= 4 is 5.97 Å². The van der Waals surface area contributed by atoms with Crippen LogP contribution in [-0.2, 0) is 4.74 Å². The lowest BCUT2D eigenvalue weighted by Crippen LogP contribution is -2.11. The number of benzene rings is 1. The van der Waals surface area contributed by atoms with Gasteiger partial charge in [0.1, 0.15) is 0 Å². The molecule has 0 bridgehead atoms. The molecule has 1 aromatic carbocycles. The van der Waals surface area contributed by atoms with Gasteiger partial charge in [-0.05, 0) is 36.6 Å². The molecule has 1 unspecified atom stereocenters. The summed E-state index contributed by atoms with van der Waals surface area (Å²) in [5.74, 6) is 0.0686. The monoisotopic (exact) mass is 207 g/mol. The lowest BCUT2D eigenvalue weighted by molar-refractivity contribution is 0.0600. The molecular weight excluding hydrogens is 190 g/mol. The minimum absolute atomic E-state index is 0.303. The Hall–Kier alpha value is -1.35. The summed E-state index contributed by atoms with van der Waals surface area (Å²) in [6.07, 6.45) is 1.01. The highest BCUT2D eigenvalue weighted by Gasteiger charge is 2.09. The first-order chi connectivity index (χ1) is 7.22. The number of rotatable bonds is 4. The molecule has 0 amide bonds. The number of methoxy groups -OCH3 is 1. The predicted molar refractivity (Wildman–Crippen MR) is 59.9 cm³/mol. The van der Waals surface area contributed by atoms with E-state index in [9.17, 15) is 4.79 Å². The minimum Gasteiger partial charge on any atom is -0.465 e. The fourth-order valence-electron chi connectivity index (χ4n) is 1.55. The van der Waals surface area contributed by atoms with E-state index < -0.39 is 0 Å². The fourth-order valence-corrected chi connectivity index (χ4v) is 1.55. The normalized spacial score (nSPS) is 12.2. The van der Waals surface area contributed by atoms with Gasteiger partial charge >= 0.3 is 5.97 Å². The van der Waals surface area contributed by atoms with E-state index in [1.54, 1.807) is 12.1 Å². The molecule has 0 aliphatic carbocycles. The van der Waals surface area contributed by atoms with Crippen LogP contribution < -0.4 is 5.73 Å². The number of carbonyl (C=O) groups excluding carboxylic acids is 1. The van der Waals surface area contributed by atoms with Crippen LogP contribution in [0.4, 0.5) is 0 Å². The molecular formula is C12H17NO2. The van der Waals surface area contributed by atoms with Crippen LogP contribution in [-0.4, -0.2) is 19.6 Å². The number of nitrogens with two attached hydrogens (primary N) is 1. The highest BCUT2D eigenvalue weighted by Crippen LogP contribution is 2.18. The van der Waals surface area contributed by atoms with Crippen molar-refractivity contribution in [3.8, 4) is 0 Å². The molecule has 0 radical (unpaired) electrons. The molecule has 0 aliphatic rings. The van der Waals surface area contributed by atoms with Crippen LogP contribution in [0.1, 0.15) is 35.2 Å². The van der Waals surface area contributed by atoms with Crippen molar-refractivity contribution in [3.63, 3.8) is 0 Å². The summed E-state index contributed by atoms with van der Waals surface area (Å²) < 4.78 is 4.63. The van der Waals surface area contributed by atoms with Crippen molar-refractivity contribution in [2.24, 2.45) is 5.73 Å². The van der Waals surface area contributed by atoms with E-state index in [1.807, 2.05) is 12.1 Å². The SMILES string of the molecule is CCC(CN)c1ccc(C(=O)OC)cc1. The molecule has 15 heavy (non-hydrogen) atoms. The fraction of sp³-hybridized carbons (Fsp3) is 0.417. The Labute approximate surface area is 90.2 Å². The van der Waals surface area contributed by atoms with Crippen LogP contribution in [0.15, 0.2) is 24.3 Å². The Morgan fingerprint density at radius 3 is 2.40 bits per heavy atom. The lowest BCUT2D eigenvalue weighted by atomic mass is 9.96. The second-order valence-electron chi connectivity index (χ2n) is 3.45. The third-order valence-electron chi connectivity index (χ3n) is 2.58. The third-order valence-corrected chi connectivity index (χ3v) is 2.58. The van der Waals surface area contributed by atoms with E-state index in [0.29, 0.717) is 18.0 Å². The van der Waals surface area contributed by atoms with Gasteiger partial charge in [0.15, 0.2) is 0 Å². The average Bonchev–Trinajstić information content (AvgIpc) is 2.30. The van der Waals surface area contributed by atoms with Crippen LogP contribution in [0.3, 0.4) is 0 Å². The highest BCUT2D eigenvalue weighted by molar-refractivity contribution is 5.89. The standard InChI is InChI=1S/C12H17NO2/c1-3-9(8-13)10-4-6-11(7-5-10)12(14)15-2/h4-7,9H,3,8,13H2,1-2H3. The van der Waals surface area contributed by atoms with Gasteiger partial charge in [0.2, 0.25) is 0 Å². The molecule has 0 aromatic heterocycles. The molecule has 1 atom stereocenters. The highest BCUT2D eigenvalue weighted by atomic mass is 16.5. The van der Waals surface area contributed by atoms with E-state index in [-0.39, 0.29) is 5.97 Å². The zero-order valence-electron chi connectivity index (χ0n) is 9.19. The van der Waals surface area contributed by atoms with Crippen molar-refractivity contribution in [2.75, 3.05) is 13.7 Å². The van der Waals surface area contributed by atoms with E-state index in [0.717, 1.165) is 6.42 Å². The number of hydrogen-bond acceptors (Lipinski definition) is 3. The molecule has 0 saturated heterocycles. The second kappa shape index (κ2) is 5.51. The zero-order chi connectivity index (χ0) is 11.3. The molecule has 3 nitrogen and oxygen atoms in total. The van der Waals surface area contributed by atoms with E-state index in [4.69, 9.17) is 5.73 Å². The van der Waals surface area contributed by atoms with Gasteiger partial charge in [-0.3, -0.25) is 0 Å². The largest absolute Gasteiger partial charge is 0.465 e. The first-order valence-corrected chi connectivity index (χ1v) is 5.11. The van der Waals surface area contributed by atoms with Crippen LogP contribution in [0.2, 0.25) is 0 Å². The van der Waals surface area contributed by atoms with Gasteiger partial charge in [-0.15, -0.1) is 0 Å². The van der Waals surface area contributed by atoms with Gasteiger partial charge in [0.25, 0.3) is 0 Å². The van der Waals surface area contributed by atoms with Crippen LogP contribution in [0.25, 0.3) is 0 Å². The van der Waals surface area contributed by atoms with Crippen LogP contribution in [0.5, 0.6) is 0 Å². The van der Waals surface area contributed by atoms with Crippen LogP contribution in [0, 0.1) is 0 Å². The first kappa shape index (κ1) is 11.7. The van der Waals surface area contributed by atoms with Crippen molar-refractivity contribution in [3.05, 3.63) is 35.4 Å². The molecule has 0 aliphatic heterocycles. The summed E-state index contributed by atoms with van der Waals surface area (Å²) in [7, 11) is 1.38. The van der Waals surface area contributed by atoms with Gasteiger partial charge < -0.3 is 10.5 Å². The number of hydrogen-bond donors (Lipinski definition) is 1. The lowest BCUT2D eigenvalue weighted by Gasteiger charge is -2.12. The maximum absolute atomic E-state index is 11.2. The maximum atomic E-state index is 11.2. The molecule has 1 rings (SSSR count). The van der Waals surface area contributed by atoms with Gasteiger partial charge in [-0.1, -0.05) is 19.1 Å². The molecule has 0 fully saturated rings. The van der Waals surface area contributed by atoms with Gasteiger partial charge in [-0.25, -0.2) is 4.79 Å². The molecule has 0 saturated carbocycles.